The molecule has 106 valence electrons. The second-order valence-corrected chi connectivity index (χ2v) is 5.47. The third kappa shape index (κ3) is 4.14. The van der Waals surface area contributed by atoms with Gasteiger partial charge in [0.1, 0.15) is 11.5 Å². The maximum atomic E-state index is 5.99. The van der Waals surface area contributed by atoms with E-state index >= 15 is 0 Å². The van der Waals surface area contributed by atoms with E-state index in [-0.39, 0.29) is 0 Å². The summed E-state index contributed by atoms with van der Waals surface area (Å²) >= 11 is 12.0. The van der Waals surface area contributed by atoms with Gasteiger partial charge in [-0.05, 0) is 37.7 Å². The fourth-order valence-electron chi connectivity index (χ4n) is 1.92. The SMILES string of the molecule is CCNCc1cc(C)ccc1Oc1cc(Cl)cc(Cl)c1. The molecule has 0 aliphatic rings. The molecule has 1 N–H and O–H groups in total. The van der Waals surface area contributed by atoms with Crippen LogP contribution >= 0.6 is 23.2 Å². The van der Waals surface area contributed by atoms with E-state index in [2.05, 4.69) is 25.2 Å². The molecule has 0 radical (unpaired) electrons. The number of hydrogen-bond donors (Lipinski definition) is 1. The zero-order valence-electron chi connectivity index (χ0n) is 11.5. The zero-order chi connectivity index (χ0) is 14.5. The van der Waals surface area contributed by atoms with Crippen molar-refractivity contribution in [2.45, 2.75) is 20.4 Å². The lowest BCUT2D eigenvalue weighted by molar-refractivity contribution is 0.473. The van der Waals surface area contributed by atoms with E-state index in [1.165, 1.54) is 5.56 Å². The third-order valence-electron chi connectivity index (χ3n) is 2.85. The van der Waals surface area contributed by atoms with Crippen molar-refractivity contribution in [1.82, 2.24) is 5.32 Å². The summed E-state index contributed by atoms with van der Waals surface area (Å²) in [5, 5.41) is 4.43. The Balaban J connectivity index is 2.27. The van der Waals surface area contributed by atoms with Crippen LogP contribution in [0.2, 0.25) is 10.0 Å². The monoisotopic (exact) mass is 309 g/mol. The highest BCUT2D eigenvalue weighted by atomic mass is 35.5. The van der Waals surface area contributed by atoms with E-state index in [0.29, 0.717) is 15.8 Å². The van der Waals surface area contributed by atoms with Gasteiger partial charge in [-0.15, -0.1) is 0 Å². The zero-order valence-corrected chi connectivity index (χ0v) is 13.1. The summed E-state index contributed by atoms with van der Waals surface area (Å²) in [4.78, 5) is 0. The Morgan fingerprint density at radius 1 is 1.05 bits per heavy atom. The van der Waals surface area contributed by atoms with Gasteiger partial charge in [0, 0.05) is 22.2 Å². The standard InChI is InChI=1S/C16H17Cl2NO/c1-3-19-10-12-6-11(2)4-5-16(12)20-15-8-13(17)7-14(18)9-15/h4-9,19H,3,10H2,1-2H3. The van der Waals surface area contributed by atoms with Crippen molar-refractivity contribution < 1.29 is 4.74 Å². The quantitative estimate of drug-likeness (QED) is 0.819. The van der Waals surface area contributed by atoms with Crippen LogP contribution in [0, 0.1) is 6.92 Å². The van der Waals surface area contributed by atoms with E-state index in [9.17, 15) is 0 Å². The summed E-state index contributed by atoms with van der Waals surface area (Å²) in [5.41, 5.74) is 2.32. The first kappa shape index (κ1) is 15.2. The molecule has 0 spiro atoms. The van der Waals surface area contributed by atoms with E-state index in [1.807, 2.05) is 12.1 Å². The van der Waals surface area contributed by atoms with Crippen molar-refractivity contribution in [3.05, 3.63) is 57.6 Å². The van der Waals surface area contributed by atoms with Gasteiger partial charge in [0.15, 0.2) is 0 Å². The largest absolute Gasteiger partial charge is 0.457 e. The van der Waals surface area contributed by atoms with Crippen LogP contribution in [0.4, 0.5) is 0 Å². The molecular weight excluding hydrogens is 293 g/mol. The predicted octanol–water partition coefficient (Wildman–Crippen LogP) is 5.20. The number of halogens is 2. The van der Waals surface area contributed by atoms with Gasteiger partial charge < -0.3 is 10.1 Å². The number of rotatable bonds is 5. The highest BCUT2D eigenvalue weighted by molar-refractivity contribution is 6.34. The van der Waals surface area contributed by atoms with Gasteiger partial charge in [-0.25, -0.2) is 0 Å². The molecular formula is C16H17Cl2NO. The van der Waals surface area contributed by atoms with Crippen LogP contribution in [0.3, 0.4) is 0 Å². The van der Waals surface area contributed by atoms with Crippen LogP contribution < -0.4 is 10.1 Å². The average molecular weight is 310 g/mol. The van der Waals surface area contributed by atoms with Crippen LogP contribution in [0.5, 0.6) is 11.5 Å². The van der Waals surface area contributed by atoms with Crippen LogP contribution in [0.15, 0.2) is 36.4 Å². The van der Waals surface area contributed by atoms with Crippen molar-refractivity contribution in [2.24, 2.45) is 0 Å². The second-order valence-electron chi connectivity index (χ2n) is 4.60. The van der Waals surface area contributed by atoms with Gasteiger partial charge in [-0.2, -0.15) is 0 Å². The minimum atomic E-state index is 0.563. The molecule has 2 aromatic rings. The number of aryl methyl sites for hydroxylation is 1. The molecule has 0 bridgehead atoms. The highest BCUT2D eigenvalue weighted by Gasteiger charge is 2.07. The van der Waals surface area contributed by atoms with E-state index < -0.39 is 0 Å². The summed E-state index contributed by atoms with van der Waals surface area (Å²) in [5.74, 6) is 1.46. The van der Waals surface area contributed by atoms with Crippen LogP contribution in [-0.4, -0.2) is 6.54 Å². The summed E-state index contributed by atoms with van der Waals surface area (Å²) in [6, 6.07) is 11.3. The van der Waals surface area contributed by atoms with Crippen molar-refractivity contribution in [3.63, 3.8) is 0 Å². The van der Waals surface area contributed by atoms with Crippen molar-refractivity contribution >= 4 is 23.2 Å². The number of ether oxygens (including phenoxy) is 1. The van der Waals surface area contributed by atoms with Crippen LogP contribution in [0.25, 0.3) is 0 Å². The van der Waals surface area contributed by atoms with Crippen molar-refractivity contribution in [2.75, 3.05) is 6.54 Å². The first-order chi connectivity index (χ1) is 9.58. The highest BCUT2D eigenvalue weighted by Crippen LogP contribution is 2.30. The Bertz CT molecular complexity index is 579. The molecule has 0 heterocycles. The van der Waals surface area contributed by atoms with Crippen molar-refractivity contribution in [3.8, 4) is 11.5 Å². The fraction of sp³-hybridized carbons (Fsp3) is 0.250. The number of nitrogens with one attached hydrogen (secondary N) is 1. The smallest absolute Gasteiger partial charge is 0.131 e. The Hall–Kier alpha value is -1.22. The van der Waals surface area contributed by atoms with E-state index in [4.69, 9.17) is 27.9 Å². The first-order valence-corrected chi connectivity index (χ1v) is 7.28. The Morgan fingerprint density at radius 2 is 1.75 bits per heavy atom. The topological polar surface area (TPSA) is 21.3 Å². The lowest BCUT2D eigenvalue weighted by atomic mass is 10.1. The van der Waals surface area contributed by atoms with E-state index in [1.54, 1.807) is 18.2 Å². The van der Waals surface area contributed by atoms with E-state index in [0.717, 1.165) is 24.4 Å². The Labute approximate surface area is 129 Å². The minimum Gasteiger partial charge on any atom is -0.457 e. The molecule has 0 unspecified atom stereocenters. The maximum Gasteiger partial charge on any atom is 0.131 e. The molecule has 0 saturated heterocycles. The molecule has 0 aliphatic heterocycles. The predicted molar refractivity (Wildman–Crippen MR) is 85.1 cm³/mol. The average Bonchev–Trinajstić information content (AvgIpc) is 2.38. The summed E-state index contributed by atoms with van der Waals surface area (Å²) in [7, 11) is 0. The van der Waals surface area contributed by atoms with Crippen LogP contribution in [-0.2, 0) is 6.54 Å². The second kappa shape index (κ2) is 6.98. The Morgan fingerprint density at radius 3 is 2.40 bits per heavy atom. The fourth-order valence-corrected chi connectivity index (χ4v) is 2.43. The van der Waals surface area contributed by atoms with Gasteiger partial charge in [0.25, 0.3) is 0 Å². The molecule has 2 rings (SSSR count). The molecule has 0 aromatic heterocycles. The minimum absolute atomic E-state index is 0.563. The maximum absolute atomic E-state index is 5.99. The number of benzene rings is 2. The van der Waals surface area contributed by atoms with Crippen LogP contribution in [0.1, 0.15) is 18.1 Å². The van der Waals surface area contributed by atoms with Gasteiger partial charge in [-0.1, -0.05) is 47.8 Å². The van der Waals surface area contributed by atoms with Crippen molar-refractivity contribution in [1.29, 1.82) is 0 Å². The molecule has 0 atom stereocenters. The van der Waals surface area contributed by atoms with Gasteiger partial charge in [0.05, 0.1) is 0 Å². The Kier molecular flexibility index (Phi) is 5.30. The summed E-state index contributed by atoms with van der Waals surface area (Å²) in [6.45, 7) is 5.82. The van der Waals surface area contributed by atoms with Gasteiger partial charge in [-0.3, -0.25) is 0 Å². The lowest BCUT2D eigenvalue weighted by Gasteiger charge is -2.13. The number of hydrogen-bond acceptors (Lipinski definition) is 2. The summed E-state index contributed by atoms with van der Waals surface area (Å²) < 4.78 is 5.91. The third-order valence-corrected chi connectivity index (χ3v) is 3.28. The molecule has 0 saturated carbocycles. The molecule has 0 amide bonds. The van der Waals surface area contributed by atoms with Gasteiger partial charge >= 0.3 is 0 Å². The molecule has 4 heteroatoms. The molecule has 20 heavy (non-hydrogen) atoms. The normalized spacial score (nSPS) is 10.6. The molecule has 2 nitrogen and oxygen atoms in total. The lowest BCUT2D eigenvalue weighted by Crippen LogP contribution is -2.12. The molecule has 0 fully saturated rings. The molecule has 2 aromatic carbocycles. The summed E-state index contributed by atoms with van der Waals surface area (Å²) in [6.07, 6.45) is 0. The first-order valence-electron chi connectivity index (χ1n) is 6.52. The van der Waals surface area contributed by atoms with Gasteiger partial charge in [0.2, 0.25) is 0 Å². The molecule has 0 aliphatic carbocycles.